The molecule has 1 aromatic carbocycles. The first-order valence-corrected chi connectivity index (χ1v) is 8.57. The summed E-state index contributed by atoms with van der Waals surface area (Å²) in [6.07, 6.45) is 4.13. The first-order chi connectivity index (χ1) is 12.2. The minimum absolute atomic E-state index is 0.164. The van der Waals surface area contributed by atoms with Gasteiger partial charge >= 0.3 is 5.97 Å². The van der Waals surface area contributed by atoms with Crippen LogP contribution in [0.2, 0.25) is 0 Å². The van der Waals surface area contributed by atoms with Crippen LogP contribution in [0.4, 0.5) is 0 Å². The quantitative estimate of drug-likeness (QED) is 0.684. The van der Waals surface area contributed by atoms with Crippen LogP contribution >= 0.6 is 11.3 Å². The first kappa shape index (κ1) is 17.0. The molecule has 0 saturated heterocycles. The van der Waals surface area contributed by atoms with Gasteiger partial charge in [0.2, 0.25) is 0 Å². The maximum atomic E-state index is 12.1. The molecule has 0 saturated carbocycles. The molecule has 0 spiro atoms. The molecule has 128 valence electrons. The second kappa shape index (κ2) is 7.81. The maximum absolute atomic E-state index is 12.1. The molecule has 2 aromatic heterocycles. The maximum Gasteiger partial charge on any atom is 0.337 e. The average molecular weight is 355 g/mol. The molecule has 2 heterocycles. The lowest BCUT2D eigenvalue weighted by Gasteiger charge is -2.05. The Morgan fingerprint density at radius 3 is 2.52 bits per heavy atom. The SMILES string of the molecule is COC(=O)c1ccc(C(=O)NCCc2ccc(-c3ccoc3)s2)cc1. The van der Waals surface area contributed by atoms with Gasteiger partial charge in [-0.15, -0.1) is 11.3 Å². The Morgan fingerprint density at radius 2 is 1.84 bits per heavy atom. The molecule has 25 heavy (non-hydrogen) atoms. The number of carbonyl (C=O) groups is 2. The molecule has 0 unspecified atom stereocenters. The van der Waals surface area contributed by atoms with Crippen molar-refractivity contribution in [2.45, 2.75) is 6.42 Å². The Morgan fingerprint density at radius 1 is 1.08 bits per heavy atom. The molecule has 1 amide bonds. The highest BCUT2D eigenvalue weighted by Crippen LogP contribution is 2.28. The predicted octanol–water partition coefficient (Wildman–Crippen LogP) is 3.77. The Hall–Kier alpha value is -2.86. The Labute approximate surface area is 149 Å². The molecule has 0 atom stereocenters. The molecule has 6 heteroatoms. The van der Waals surface area contributed by atoms with Gasteiger partial charge in [0.1, 0.15) is 0 Å². The van der Waals surface area contributed by atoms with Crippen molar-refractivity contribution in [1.29, 1.82) is 0 Å². The average Bonchev–Trinajstić information content (AvgIpc) is 3.32. The van der Waals surface area contributed by atoms with E-state index in [1.165, 1.54) is 12.0 Å². The molecule has 0 aliphatic carbocycles. The summed E-state index contributed by atoms with van der Waals surface area (Å²) in [5.74, 6) is -0.582. The lowest BCUT2D eigenvalue weighted by Crippen LogP contribution is -2.25. The van der Waals surface area contributed by atoms with E-state index >= 15 is 0 Å². The van der Waals surface area contributed by atoms with Gasteiger partial charge < -0.3 is 14.5 Å². The van der Waals surface area contributed by atoms with Crippen molar-refractivity contribution in [3.63, 3.8) is 0 Å². The number of benzene rings is 1. The van der Waals surface area contributed by atoms with Gasteiger partial charge in [0.05, 0.1) is 25.2 Å². The van der Waals surface area contributed by atoms with Gasteiger partial charge in [-0.2, -0.15) is 0 Å². The van der Waals surface area contributed by atoms with Gasteiger partial charge in [-0.1, -0.05) is 0 Å². The summed E-state index contributed by atoms with van der Waals surface area (Å²) in [4.78, 5) is 25.9. The Bertz CT molecular complexity index is 850. The number of furan rings is 1. The molecule has 5 nitrogen and oxygen atoms in total. The number of amides is 1. The smallest absolute Gasteiger partial charge is 0.337 e. The molecule has 3 rings (SSSR count). The molecule has 0 bridgehead atoms. The third kappa shape index (κ3) is 4.16. The van der Waals surface area contributed by atoms with E-state index in [-0.39, 0.29) is 5.91 Å². The number of methoxy groups -OCH3 is 1. The summed E-state index contributed by atoms with van der Waals surface area (Å²) < 4.78 is 9.73. The summed E-state index contributed by atoms with van der Waals surface area (Å²) in [5, 5.41) is 2.89. The zero-order valence-corrected chi connectivity index (χ0v) is 14.5. The van der Waals surface area contributed by atoms with E-state index in [0.717, 1.165) is 16.9 Å². The second-order valence-corrected chi connectivity index (χ2v) is 6.52. The third-order valence-electron chi connectivity index (χ3n) is 3.69. The van der Waals surface area contributed by atoms with E-state index in [4.69, 9.17) is 4.42 Å². The molecular weight excluding hydrogens is 338 g/mol. The van der Waals surface area contributed by atoms with Crippen LogP contribution in [-0.2, 0) is 11.2 Å². The number of rotatable bonds is 6. The van der Waals surface area contributed by atoms with Gasteiger partial charge in [-0.05, 0) is 48.9 Å². The Kier molecular flexibility index (Phi) is 5.30. The van der Waals surface area contributed by atoms with Crippen LogP contribution in [0.5, 0.6) is 0 Å². The number of hydrogen-bond acceptors (Lipinski definition) is 5. The van der Waals surface area contributed by atoms with E-state index in [0.29, 0.717) is 17.7 Å². The first-order valence-electron chi connectivity index (χ1n) is 7.75. The topological polar surface area (TPSA) is 68.5 Å². The molecule has 0 aliphatic heterocycles. The summed E-state index contributed by atoms with van der Waals surface area (Å²) in [6.45, 7) is 0.545. The number of carbonyl (C=O) groups excluding carboxylic acids is 2. The molecule has 0 fully saturated rings. The van der Waals surface area contributed by atoms with E-state index in [1.807, 2.05) is 6.07 Å². The van der Waals surface area contributed by atoms with Crippen LogP contribution in [0.25, 0.3) is 10.4 Å². The fraction of sp³-hybridized carbons (Fsp3) is 0.158. The largest absolute Gasteiger partial charge is 0.472 e. The monoisotopic (exact) mass is 355 g/mol. The van der Waals surface area contributed by atoms with Gasteiger partial charge in [0, 0.05) is 27.4 Å². The van der Waals surface area contributed by atoms with Crippen molar-refractivity contribution in [1.82, 2.24) is 5.32 Å². The van der Waals surface area contributed by atoms with Gasteiger partial charge in [0.15, 0.2) is 0 Å². The molecular formula is C19H17NO4S. The van der Waals surface area contributed by atoms with Gasteiger partial charge in [0.25, 0.3) is 5.91 Å². The van der Waals surface area contributed by atoms with Crippen LogP contribution in [0, 0.1) is 0 Å². The molecule has 1 N–H and O–H groups in total. The zero-order chi connectivity index (χ0) is 17.6. The highest BCUT2D eigenvalue weighted by atomic mass is 32.1. The summed E-state index contributed by atoms with van der Waals surface area (Å²) in [5.41, 5.74) is 1.99. The van der Waals surface area contributed by atoms with Crippen molar-refractivity contribution >= 4 is 23.2 Å². The fourth-order valence-corrected chi connectivity index (χ4v) is 3.34. The van der Waals surface area contributed by atoms with Gasteiger partial charge in [-0.3, -0.25) is 4.79 Å². The zero-order valence-electron chi connectivity index (χ0n) is 13.7. The van der Waals surface area contributed by atoms with Crippen LogP contribution < -0.4 is 5.32 Å². The summed E-state index contributed by atoms with van der Waals surface area (Å²) >= 11 is 1.68. The van der Waals surface area contributed by atoms with E-state index < -0.39 is 5.97 Å². The summed E-state index contributed by atoms with van der Waals surface area (Å²) in [7, 11) is 1.32. The number of thiophene rings is 1. The Balaban J connectivity index is 1.52. The van der Waals surface area contributed by atoms with Crippen LogP contribution in [0.1, 0.15) is 25.6 Å². The van der Waals surface area contributed by atoms with Crippen molar-refractivity contribution in [2.24, 2.45) is 0 Å². The van der Waals surface area contributed by atoms with E-state index in [9.17, 15) is 9.59 Å². The number of esters is 1. The highest BCUT2D eigenvalue weighted by Gasteiger charge is 2.09. The number of nitrogens with one attached hydrogen (secondary N) is 1. The molecule has 3 aromatic rings. The van der Waals surface area contributed by atoms with E-state index in [1.54, 1.807) is 48.1 Å². The van der Waals surface area contributed by atoms with Gasteiger partial charge in [-0.25, -0.2) is 4.79 Å². The lowest BCUT2D eigenvalue weighted by molar-refractivity contribution is 0.0600. The van der Waals surface area contributed by atoms with Crippen LogP contribution in [0.15, 0.2) is 59.4 Å². The number of hydrogen-bond donors (Lipinski definition) is 1. The predicted molar refractivity (Wildman–Crippen MR) is 95.8 cm³/mol. The third-order valence-corrected chi connectivity index (χ3v) is 4.89. The highest BCUT2D eigenvalue weighted by molar-refractivity contribution is 7.15. The van der Waals surface area contributed by atoms with Crippen molar-refractivity contribution in [2.75, 3.05) is 13.7 Å². The van der Waals surface area contributed by atoms with E-state index in [2.05, 4.69) is 22.2 Å². The van der Waals surface area contributed by atoms with Crippen molar-refractivity contribution < 1.29 is 18.7 Å². The van der Waals surface area contributed by atoms with Crippen LogP contribution in [-0.4, -0.2) is 25.5 Å². The molecule has 0 radical (unpaired) electrons. The fourth-order valence-electron chi connectivity index (χ4n) is 2.35. The van der Waals surface area contributed by atoms with Crippen molar-refractivity contribution in [3.8, 4) is 10.4 Å². The number of ether oxygens (including phenoxy) is 1. The normalized spacial score (nSPS) is 10.4. The lowest BCUT2D eigenvalue weighted by atomic mass is 10.1. The summed E-state index contributed by atoms with van der Waals surface area (Å²) in [6, 6.07) is 12.4. The van der Waals surface area contributed by atoms with Crippen LogP contribution in [0.3, 0.4) is 0 Å². The molecule has 0 aliphatic rings. The minimum Gasteiger partial charge on any atom is -0.472 e. The minimum atomic E-state index is -0.418. The standard InChI is InChI=1S/C19H17NO4S/c1-23-19(22)14-4-2-13(3-5-14)18(21)20-10-8-16-6-7-17(25-16)15-9-11-24-12-15/h2-7,9,11-12H,8,10H2,1H3,(H,20,21). The second-order valence-electron chi connectivity index (χ2n) is 5.35. The van der Waals surface area contributed by atoms with Crippen molar-refractivity contribution in [3.05, 3.63) is 71.0 Å².